The monoisotopic (exact) mass is 434 g/mol. The number of benzene rings is 1. The number of hydrogen-bond donors (Lipinski definition) is 2. The van der Waals surface area contributed by atoms with Crippen molar-refractivity contribution < 1.29 is 4.55 Å². The van der Waals surface area contributed by atoms with E-state index in [1.165, 1.54) is 6.33 Å². The minimum atomic E-state index is -1.22. The summed E-state index contributed by atoms with van der Waals surface area (Å²) in [6, 6.07) is 11.9. The number of nitrogens with two attached hydrogens (primary N) is 1. The van der Waals surface area contributed by atoms with Gasteiger partial charge in [0.2, 0.25) is 0 Å². The maximum atomic E-state index is 12.6. The van der Waals surface area contributed by atoms with Crippen molar-refractivity contribution in [1.29, 1.82) is 0 Å². The zero-order valence-corrected chi connectivity index (χ0v) is 18.7. The van der Waals surface area contributed by atoms with Crippen LogP contribution in [0.4, 0.5) is 5.82 Å². The third-order valence-electron chi connectivity index (χ3n) is 5.09. The van der Waals surface area contributed by atoms with Crippen molar-refractivity contribution in [3.63, 3.8) is 0 Å². The van der Waals surface area contributed by atoms with Crippen LogP contribution in [0.25, 0.3) is 27.5 Å². The molecule has 160 valence electrons. The predicted octanol–water partition coefficient (Wildman–Crippen LogP) is 3.68. The fraction of sp³-hybridized carbons (Fsp3) is 0.261. The topological polar surface area (TPSA) is 104 Å². The molecule has 0 aliphatic heterocycles. The molecule has 0 aliphatic rings. The molecule has 1 unspecified atom stereocenters. The molecule has 4 rings (SSSR count). The Kier molecular flexibility index (Phi) is 5.70. The molecule has 3 heterocycles. The summed E-state index contributed by atoms with van der Waals surface area (Å²) < 4.78 is 17.2. The molecule has 3 aromatic heterocycles. The van der Waals surface area contributed by atoms with E-state index in [0.29, 0.717) is 12.2 Å². The van der Waals surface area contributed by atoms with Gasteiger partial charge >= 0.3 is 0 Å². The predicted molar refractivity (Wildman–Crippen MR) is 127 cm³/mol. The first-order chi connectivity index (χ1) is 14.8. The van der Waals surface area contributed by atoms with Crippen molar-refractivity contribution in [3.8, 4) is 11.1 Å². The highest BCUT2D eigenvalue weighted by molar-refractivity contribution is 7.90. The molecule has 0 radical (unpaired) electrons. The van der Waals surface area contributed by atoms with E-state index < -0.39 is 11.4 Å². The number of nitrogens with one attached hydrogen (secondary N) is 1. The Labute approximate surface area is 184 Å². The molecular formula is C23H26N6OS. The molecule has 0 amide bonds. The molecular weight excluding hydrogens is 408 g/mol. The van der Waals surface area contributed by atoms with Crippen molar-refractivity contribution >= 4 is 33.6 Å². The first-order valence-corrected chi connectivity index (χ1v) is 11.2. The standard InChI is InChI=1S/C23H26N6OS/c1-5-17(28-31(30)23(2,3)4)11-18-12-19(21-22(24)26-14-27-29(18)21)16-10-15-8-6-7-9-20(15)25-13-16/h5-10,12-14,17,28H,1,11H2,2-4H3,(H2,24,26,27)/t17-,31?/m0/s1. The van der Waals surface area contributed by atoms with Crippen LogP contribution in [-0.2, 0) is 17.8 Å². The van der Waals surface area contributed by atoms with E-state index in [1.807, 2.05) is 57.3 Å². The molecule has 0 aliphatic carbocycles. The highest BCUT2D eigenvalue weighted by Crippen LogP contribution is 2.32. The van der Waals surface area contributed by atoms with Gasteiger partial charge in [-0.1, -0.05) is 24.3 Å². The molecule has 0 fully saturated rings. The second kappa shape index (κ2) is 8.30. The smallest absolute Gasteiger partial charge is 0.151 e. The van der Waals surface area contributed by atoms with Gasteiger partial charge in [-0.25, -0.2) is 9.50 Å². The van der Waals surface area contributed by atoms with Crippen LogP contribution < -0.4 is 10.5 Å². The average Bonchev–Trinajstić information content (AvgIpc) is 3.12. The Morgan fingerprint density at radius 1 is 1.26 bits per heavy atom. The second-order valence-electron chi connectivity index (χ2n) is 8.42. The molecule has 0 spiro atoms. The largest absolute Gasteiger partial charge is 0.598 e. The van der Waals surface area contributed by atoms with E-state index in [0.717, 1.165) is 33.2 Å². The summed E-state index contributed by atoms with van der Waals surface area (Å²) >= 11 is -1.22. The van der Waals surface area contributed by atoms with E-state index in [-0.39, 0.29) is 10.8 Å². The molecule has 1 aromatic carbocycles. The van der Waals surface area contributed by atoms with Gasteiger partial charge in [0.15, 0.2) is 5.82 Å². The van der Waals surface area contributed by atoms with Gasteiger partial charge in [0.05, 0.1) is 11.6 Å². The van der Waals surface area contributed by atoms with Gasteiger partial charge in [0.25, 0.3) is 0 Å². The van der Waals surface area contributed by atoms with Crippen LogP contribution in [0, 0.1) is 0 Å². The van der Waals surface area contributed by atoms with Gasteiger partial charge in [0.1, 0.15) is 16.6 Å². The van der Waals surface area contributed by atoms with Crippen molar-refractivity contribution in [2.75, 3.05) is 5.73 Å². The highest BCUT2D eigenvalue weighted by Gasteiger charge is 2.29. The summed E-state index contributed by atoms with van der Waals surface area (Å²) in [6.45, 7) is 9.71. The van der Waals surface area contributed by atoms with Crippen LogP contribution in [0.1, 0.15) is 26.5 Å². The number of para-hydroxylation sites is 1. The summed E-state index contributed by atoms with van der Waals surface area (Å²) in [4.78, 5) is 8.78. The molecule has 4 aromatic rings. The molecule has 0 bridgehead atoms. The lowest BCUT2D eigenvalue weighted by Crippen LogP contribution is -2.44. The maximum absolute atomic E-state index is 12.6. The Hall–Kier alpha value is -2.94. The quantitative estimate of drug-likeness (QED) is 0.354. The van der Waals surface area contributed by atoms with Gasteiger partial charge in [-0.3, -0.25) is 4.98 Å². The minimum absolute atomic E-state index is 0.197. The number of anilines is 1. The van der Waals surface area contributed by atoms with Gasteiger partial charge in [-0.05, 0) is 39.0 Å². The van der Waals surface area contributed by atoms with Crippen molar-refractivity contribution in [3.05, 3.63) is 67.3 Å². The van der Waals surface area contributed by atoms with Crippen LogP contribution in [0.15, 0.2) is 61.6 Å². The summed E-state index contributed by atoms with van der Waals surface area (Å²) in [5, 5.41) is 5.48. The van der Waals surface area contributed by atoms with Gasteiger partial charge in [-0.15, -0.1) is 11.3 Å². The Morgan fingerprint density at radius 2 is 2.03 bits per heavy atom. The summed E-state index contributed by atoms with van der Waals surface area (Å²) in [5.41, 5.74) is 10.7. The van der Waals surface area contributed by atoms with Crippen LogP contribution in [0.2, 0.25) is 0 Å². The number of aromatic nitrogens is 4. The van der Waals surface area contributed by atoms with Crippen molar-refractivity contribution in [2.45, 2.75) is 38.0 Å². The Balaban J connectivity index is 1.77. The van der Waals surface area contributed by atoms with Crippen molar-refractivity contribution in [2.24, 2.45) is 0 Å². The van der Waals surface area contributed by atoms with Crippen LogP contribution >= 0.6 is 0 Å². The third-order valence-corrected chi connectivity index (χ3v) is 6.72. The fourth-order valence-electron chi connectivity index (χ4n) is 3.43. The van der Waals surface area contributed by atoms with Crippen LogP contribution in [0.5, 0.6) is 0 Å². The highest BCUT2D eigenvalue weighted by atomic mass is 32.2. The van der Waals surface area contributed by atoms with Crippen LogP contribution in [0.3, 0.4) is 0 Å². The van der Waals surface area contributed by atoms with Crippen LogP contribution in [-0.4, -0.2) is 34.9 Å². The molecule has 0 saturated heterocycles. The number of hydrogen-bond acceptors (Lipinski definition) is 6. The number of fused-ring (bicyclic) bond motifs is 2. The third kappa shape index (κ3) is 4.27. The SMILES string of the molecule is C=C[C@@H](Cc1cc(-c2cnc3ccccc3c2)c2c(N)ncnn12)N[S+]([O-])C(C)(C)C. The first-order valence-electron chi connectivity index (χ1n) is 10.0. The van der Waals surface area contributed by atoms with Gasteiger partial charge in [0, 0.05) is 46.2 Å². The van der Waals surface area contributed by atoms with Crippen molar-refractivity contribution in [1.82, 2.24) is 24.3 Å². The van der Waals surface area contributed by atoms with Gasteiger partial charge in [-0.2, -0.15) is 5.10 Å². The number of nitrogens with zero attached hydrogens (tertiary/aromatic N) is 4. The molecule has 0 saturated carbocycles. The first kappa shape index (κ1) is 21.3. The Morgan fingerprint density at radius 3 is 2.77 bits per heavy atom. The zero-order chi connectivity index (χ0) is 22.2. The number of pyridine rings is 1. The zero-order valence-electron chi connectivity index (χ0n) is 17.9. The second-order valence-corrected chi connectivity index (χ2v) is 10.4. The molecule has 3 N–H and O–H groups in total. The number of nitrogen functional groups attached to an aromatic ring is 1. The van der Waals surface area contributed by atoms with E-state index in [4.69, 9.17) is 5.73 Å². The molecule has 8 heteroatoms. The van der Waals surface area contributed by atoms with E-state index in [1.54, 1.807) is 10.6 Å². The summed E-state index contributed by atoms with van der Waals surface area (Å²) in [7, 11) is 0. The van der Waals surface area contributed by atoms with E-state index >= 15 is 0 Å². The fourth-order valence-corrected chi connectivity index (χ4v) is 4.24. The van der Waals surface area contributed by atoms with Gasteiger partial charge < -0.3 is 10.3 Å². The molecule has 2 atom stereocenters. The molecule has 31 heavy (non-hydrogen) atoms. The summed E-state index contributed by atoms with van der Waals surface area (Å²) in [5.74, 6) is 0.394. The summed E-state index contributed by atoms with van der Waals surface area (Å²) in [6.07, 6.45) is 5.60. The normalized spacial score (nSPS) is 14.1. The number of rotatable bonds is 6. The van der Waals surface area contributed by atoms with E-state index in [9.17, 15) is 4.55 Å². The average molecular weight is 435 g/mol. The maximum Gasteiger partial charge on any atom is 0.151 e. The lowest BCUT2D eigenvalue weighted by atomic mass is 10.1. The molecule has 7 nitrogen and oxygen atoms in total. The lowest BCUT2D eigenvalue weighted by molar-refractivity contribution is 0.533. The van der Waals surface area contributed by atoms with E-state index in [2.05, 4.69) is 32.4 Å². The Bertz CT molecular complexity index is 1250. The lowest BCUT2D eigenvalue weighted by Gasteiger charge is -2.26. The minimum Gasteiger partial charge on any atom is -0.598 e.